The fraction of sp³-hybridized carbons (Fsp3) is 0.200. The minimum absolute atomic E-state index is 0.105. The van der Waals surface area contributed by atoms with Crippen LogP contribution < -0.4 is 0 Å². The van der Waals surface area contributed by atoms with E-state index in [2.05, 4.69) is 36.6 Å². The number of halogens is 2. The van der Waals surface area contributed by atoms with Gasteiger partial charge in [-0.3, -0.25) is 0 Å². The van der Waals surface area contributed by atoms with Gasteiger partial charge in [0.1, 0.15) is 0 Å². The van der Waals surface area contributed by atoms with Crippen LogP contribution in [0.25, 0.3) is 0 Å². The number of carbonyl (C=O) groups is 1. The molecular formula is C10H7Br2NO2. The average molecular weight is 333 g/mol. The molecule has 0 amide bonds. The molecule has 0 saturated carbocycles. The molecule has 1 aromatic carbocycles. The molecule has 0 N–H and O–H groups in total. The molecule has 0 radical (unpaired) electrons. The van der Waals surface area contributed by atoms with Gasteiger partial charge in [-0.25, -0.2) is 4.79 Å². The Hall–Kier alpha value is -0.860. The fourth-order valence-corrected chi connectivity index (χ4v) is 1.89. The zero-order chi connectivity index (χ0) is 11.4. The molecule has 5 heteroatoms. The monoisotopic (exact) mass is 331 g/mol. The zero-order valence-electron chi connectivity index (χ0n) is 7.83. The summed E-state index contributed by atoms with van der Waals surface area (Å²) in [5.41, 5.74) is 1.60. The Morgan fingerprint density at radius 2 is 2.20 bits per heavy atom. The number of methoxy groups -OCH3 is 1. The number of alkyl halides is 2. The molecule has 0 aromatic heterocycles. The highest BCUT2D eigenvalue weighted by Crippen LogP contribution is 2.31. The number of carbonyl (C=O) groups excluding carboxylic acids is 1. The highest BCUT2D eigenvalue weighted by Gasteiger charge is 2.12. The number of hydrogen-bond donors (Lipinski definition) is 0. The lowest BCUT2D eigenvalue weighted by atomic mass is 10.1. The Labute approximate surface area is 104 Å². The lowest BCUT2D eigenvalue weighted by molar-refractivity contribution is 0.0600. The topological polar surface area (TPSA) is 50.1 Å². The van der Waals surface area contributed by atoms with Gasteiger partial charge in [0.25, 0.3) is 0 Å². The minimum Gasteiger partial charge on any atom is -0.465 e. The van der Waals surface area contributed by atoms with Crippen molar-refractivity contribution in [3.63, 3.8) is 0 Å². The van der Waals surface area contributed by atoms with Crippen LogP contribution in [0.1, 0.15) is 25.2 Å². The number of ether oxygens (including phenoxy) is 1. The van der Waals surface area contributed by atoms with Gasteiger partial charge in [0.2, 0.25) is 0 Å². The van der Waals surface area contributed by atoms with E-state index in [1.165, 1.54) is 13.2 Å². The van der Waals surface area contributed by atoms with Crippen molar-refractivity contribution in [2.45, 2.75) is 3.74 Å². The number of rotatable bonds is 2. The fourth-order valence-electron chi connectivity index (χ4n) is 1.09. The lowest BCUT2D eigenvalue weighted by Gasteiger charge is -2.06. The summed E-state index contributed by atoms with van der Waals surface area (Å²) in [6, 6.07) is 6.87. The van der Waals surface area contributed by atoms with E-state index in [-0.39, 0.29) is 3.74 Å². The third-order valence-electron chi connectivity index (χ3n) is 1.83. The quantitative estimate of drug-likeness (QED) is 0.617. The van der Waals surface area contributed by atoms with Crippen LogP contribution in [0, 0.1) is 11.3 Å². The Morgan fingerprint density at radius 3 is 2.67 bits per heavy atom. The number of hydrogen-bond acceptors (Lipinski definition) is 3. The molecule has 1 rings (SSSR count). The van der Waals surface area contributed by atoms with Crippen molar-refractivity contribution in [3.05, 3.63) is 34.9 Å². The molecule has 0 bridgehead atoms. The third-order valence-corrected chi connectivity index (χ3v) is 2.82. The van der Waals surface area contributed by atoms with Crippen LogP contribution in [-0.4, -0.2) is 13.1 Å². The largest absolute Gasteiger partial charge is 0.465 e. The predicted molar refractivity (Wildman–Crippen MR) is 63.1 cm³/mol. The van der Waals surface area contributed by atoms with Crippen LogP contribution in [-0.2, 0) is 4.74 Å². The van der Waals surface area contributed by atoms with Gasteiger partial charge >= 0.3 is 5.97 Å². The van der Waals surface area contributed by atoms with E-state index in [0.717, 1.165) is 5.56 Å². The number of benzene rings is 1. The standard InChI is InChI=1S/C10H7Br2NO2/c1-15-10(14)6-2-3-8(9(11)12)7(4-6)5-13/h2-4,9H,1H3. The van der Waals surface area contributed by atoms with E-state index in [1.54, 1.807) is 12.1 Å². The first kappa shape index (κ1) is 12.2. The SMILES string of the molecule is COC(=O)c1ccc(C(Br)Br)c(C#N)c1. The van der Waals surface area contributed by atoms with E-state index in [0.29, 0.717) is 11.1 Å². The van der Waals surface area contributed by atoms with Crippen molar-refractivity contribution in [1.29, 1.82) is 5.26 Å². The number of esters is 1. The molecule has 15 heavy (non-hydrogen) atoms. The van der Waals surface area contributed by atoms with Crippen molar-refractivity contribution >= 4 is 37.8 Å². The van der Waals surface area contributed by atoms with Crippen molar-refractivity contribution in [2.24, 2.45) is 0 Å². The summed E-state index contributed by atoms with van der Waals surface area (Å²) in [6.45, 7) is 0. The zero-order valence-corrected chi connectivity index (χ0v) is 11.0. The molecule has 0 aliphatic heterocycles. The molecule has 0 spiro atoms. The van der Waals surface area contributed by atoms with Crippen molar-refractivity contribution in [3.8, 4) is 6.07 Å². The van der Waals surface area contributed by atoms with Gasteiger partial charge in [0.15, 0.2) is 0 Å². The summed E-state index contributed by atoms with van der Waals surface area (Å²) in [5, 5.41) is 8.90. The van der Waals surface area contributed by atoms with E-state index in [9.17, 15) is 4.79 Å². The first-order valence-electron chi connectivity index (χ1n) is 4.00. The van der Waals surface area contributed by atoms with Crippen LogP contribution >= 0.6 is 31.9 Å². The van der Waals surface area contributed by atoms with Gasteiger partial charge < -0.3 is 4.74 Å². The molecular weight excluding hydrogens is 326 g/mol. The van der Waals surface area contributed by atoms with Gasteiger partial charge in [-0.1, -0.05) is 37.9 Å². The van der Waals surface area contributed by atoms with Gasteiger partial charge in [-0.15, -0.1) is 0 Å². The molecule has 78 valence electrons. The van der Waals surface area contributed by atoms with Crippen LogP contribution in [0.2, 0.25) is 0 Å². The Balaban J connectivity index is 3.21. The third kappa shape index (κ3) is 2.80. The van der Waals surface area contributed by atoms with Crippen molar-refractivity contribution in [1.82, 2.24) is 0 Å². The molecule has 0 atom stereocenters. The average Bonchev–Trinajstić information content (AvgIpc) is 2.26. The first-order chi connectivity index (χ1) is 7.10. The summed E-state index contributed by atoms with van der Waals surface area (Å²) in [5.74, 6) is -0.446. The second-order valence-corrected chi connectivity index (χ2v) is 5.77. The molecule has 1 aromatic rings. The highest BCUT2D eigenvalue weighted by molar-refractivity contribution is 9.24. The van der Waals surface area contributed by atoms with Gasteiger partial charge in [0, 0.05) is 0 Å². The van der Waals surface area contributed by atoms with Crippen molar-refractivity contribution < 1.29 is 9.53 Å². The van der Waals surface area contributed by atoms with Crippen molar-refractivity contribution in [2.75, 3.05) is 7.11 Å². The normalized spacial score (nSPS) is 9.80. The minimum atomic E-state index is -0.446. The second-order valence-electron chi connectivity index (χ2n) is 2.71. The Bertz CT molecular complexity index is 424. The van der Waals surface area contributed by atoms with E-state index in [4.69, 9.17) is 5.26 Å². The van der Waals surface area contributed by atoms with E-state index in [1.807, 2.05) is 6.07 Å². The summed E-state index contributed by atoms with van der Waals surface area (Å²) >= 11 is 6.60. The van der Waals surface area contributed by atoms with E-state index >= 15 is 0 Å². The summed E-state index contributed by atoms with van der Waals surface area (Å²) in [6.07, 6.45) is 0. The maximum Gasteiger partial charge on any atom is 0.337 e. The molecule has 0 heterocycles. The summed E-state index contributed by atoms with van der Waals surface area (Å²) in [7, 11) is 1.31. The van der Waals surface area contributed by atoms with Crippen LogP contribution in [0.3, 0.4) is 0 Å². The summed E-state index contributed by atoms with van der Waals surface area (Å²) < 4.78 is 4.46. The molecule has 0 unspecified atom stereocenters. The van der Waals surface area contributed by atoms with Crippen LogP contribution in [0.5, 0.6) is 0 Å². The number of nitrogens with zero attached hydrogens (tertiary/aromatic N) is 1. The van der Waals surface area contributed by atoms with Gasteiger partial charge in [-0.2, -0.15) is 5.26 Å². The van der Waals surface area contributed by atoms with Gasteiger partial charge in [0.05, 0.1) is 28.0 Å². The maximum absolute atomic E-state index is 11.2. The first-order valence-corrected chi connectivity index (χ1v) is 5.83. The number of nitriles is 1. The maximum atomic E-state index is 11.2. The smallest absolute Gasteiger partial charge is 0.337 e. The molecule has 0 fully saturated rings. The molecule has 3 nitrogen and oxygen atoms in total. The van der Waals surface area contributed by atoms with E-state index < -0.39 is 5.97 Å². The molecule has 0 aliphatic rings. The second kappa shape index (κ2) is 5.29. The molecule has 0 aliphatic carbocycles. The Morgan fingerprint density at radius 1 is 1.53 bits per heavy atom. The van der Waals surface area contributed by atoms with Crippen LogP contribution in [0.4, 0.5) is 0 Å². The highest BCUT2D eigenvalue weighted by atomic mass is 79.9. The predicted octanol–water partition coefficient (Wildman–Crippen LogP) is 3.13. The lowest BCUT2D eigenvalue weighted by Crippen LogP contribution is -2.02. The van der Waals surface area contributed by atoms with Gasteiger partial charge in [-0.05, 0) is 17.7 Å². The molecule has 0 saturated heterocycles. The summed E-state index contributed by atoms with van der Waals surface area (Å²) in [4.78, 5) is 11.2. The Kier molecular flexibility index (Phi) is 4.30. The van der Waals surface area contributed by atoms with Crippen LogP contribution in [0.15, 0.2) is 18.2 Å².